The number of hydrogen-bond donors (Lipinski definition) is 1. The van der Waals surface area contributed by atoms with Crippen LogP contribution in [0, 0.1) is 11.6 Å². The van der Waals surface area contributed by atoms with Gasteiger partial charge in [0.25, 0.3) is 0 Å². The Morgan fingerprint density at radius 1 is 1.20 bits per heavy atom. The molecule has 1 aromatic carbocycles. The summed E-state index contributed by atoms with van der Waals surface area (Å²) in [7, 11) is 0. The molecule has 6 heteroatoms. The van der Waals surface area contributed by atoms with Crippen LogP contribution in [0.4, 0.5) is 14.6 Å². The predicted octanol–water partition coefficient (Wildman–Crippen LogP) is 3.18. The Balaban J connectivity index is 1.87. The second-order valence-corrected chi connectivity index (χ2v) is 4.48. The van der Waals surface area contributed by atoms with Crippen molar-refractivity contribution in [3.05, 3.63) is 59.9 Å². The van der Waals surface area contributed by atoms with Crippen molar-refractivity contribution < 1.29 is 8.78 Å². The normalized spacial score (nSPS) is 12.6. The molecule has 20 heavy (non-hydrogen) atoms. The Bertz CT molecular complexity index is 754. The van der Waals surface area contributed by atoms with Gasteiger partial charge in [0.1, 0.15) is 17.5 Å². The molecule has 0 aliphatic carbocycles. The van der Waals surface area contributed by atoms with Crippen molar-refractivity contribution in [2.75, 3.05) is 5.32 Å². The number of nitrogens with one attached hydrogen (secondary N) is 1. The third kappa shape index (κ3) is 2.32. The van der Waals surface area contributed by atoms with Crippen molar-refractivity contribution in [2.24, 2.45) is 0 Å². The Labute approximate surface area is 114 Å². The number of anilines is 1. The maximum atomic E-state index is 13.7. The van der Waals surface area contributed by atoms with Crippen LogP contribution in [-0.4, -0.2) is 14.6 Å². The Hall–Kier alpha value is -2.50. The highest BCUT2D eigenvalue weighted by molar-refractivity contribution is 5.46. The van der Waals surface area contributed by atoms with Crippen molar-refractivity contribution in [2.45, 2.75) is 13.0 Å². The van der Waals surface area contributed by atoms with E-state index in [9.17, 15) is 8.78 Å². The Kier molecular flexibility index (Phi) is 3.06. The van der Waals surface area contributed by atoms with E-state index in [0.717, 1.165) is 12.1 Å². The largest absolute Gasteiger partial charge is 0.363 e. The van der Waals surface area contributed by atoms with Crippen LogP contribution in [0.3, 0.4) is 0 Å². The molecule has 1 unspecified atom stereocenters. The minimum absolute atomic E-state index is 0.264. The summed E-state index contributed by atoms with van der Waals surface area (Å²) in [5.41, 5.74) is 0.946. The third-order valence-electron chi connectivity index (χ3n) is 3.05. The highest BCUT2D eigenvalue weighted by Gasteiger charge is 2.12. The Morgan fingerprint density at radius 2 is 2.05 bits per heavy atom. The van der Waals surface area contributed by atoms with Crippen LogP contribution in [-0.2, 0) is 0 Å². The lowest BCUT2D eigenvalue weighted by Crippen LogP contribution is -2.10. The molecule has 0 spiro atoms. The predicted molar refractivity (Wildman–Crippen MR) is 71.4 cm³/mol. The Morgan fingerprint density at radius 3 is 2.90 bits per heavy atom. The van der Waals surface area contributed by atoms with Gasteiger partial charge in [0.15, 0.2) is 5.65 Å². The van der Waals surface area contributed by atoms with Gasteiger partial charge in [-0.05, 0) is 31.2 Å². The first-order valence-electron chi connectivity index (χ1n) is 6.15. The fourth-order valence-corrected chi connectivity index (χ4v) is 2.04. The number of halogens is 2. The molecule has 2 heterocycles. The van der Waals surface area contributed by atoms with Crippen molar-refractivity contribution >= 4 is 11.5 Å². The lowest BCUT2D eigenvalue weighted by atomic mass is 10.1. The fraction of sp³-hybridized carbons (Fsp3) is 0.143. The van der Waals surface area contributed by atoms with Gasteiger partial charge in [-0.1, -0.05) is 0 Å². The molecule has 1 N–H and O–H groups in total. The SMILES string of the molecule is CC(Nc1ccn2nccc2n1)c1cc(F)ccc1F. The lowest BCUT2D eigenvalue weighted by molar-refractivity contribution is 0.577. The molecule has 1 atom stereocenters. The van der Waals surface area contributed by atoms with E-state index in [2.05, 4.69) is 15.4 Å². The summed E-state index contributed by atoms with van der Waals surface area (Å²) in [6.45, 7) is 1.75. The van der Waals surface area contributed by atoms with Crippen LogP contribution >= 0.6 is 0 Å². The zero-order valence-corrected chi connectivity index (χ0v) is 10.7. The van der Waals surface area contributed by atoms with Gasteiger partial charge in [-0.25, -0.2) is 18.3 Å². The topological polar surface area (TPSA) is 42.2 Å². The molecule has 0 radical (unpaired) electrons. The minimum Gasteiger partial charge on any atom is -0.363 e. The van der Waals surface area contributed by atoms with Crippen molar-refractivity contribution in [1.82, 2.24) is 14.6 Å². The first-order chi connectivity index (χ1) is 9.63. The average molecular weight is 274 g/mol. The minimum atomic E-state index is -0.464. The second-order valence-electron chi connectivity index (χ2n) is 4.48. The maximum absolute atomic E-state index is 13.7. The molecule has 102 valence electrons. The summed E-state index contributed by atoms with van der Waals surface area (Å²) in [6.07, 6.45) is 3.39. The van der Waals surface area contributed by atoms with Crippen LogP contribution in [0.15, 0.2) is 42.7 Å². The number of rotatable bonds is 3. The van der Waals surface area contributed by atoms with Crippen molar-refractivity contribution in [3.8, 4) is 0 Å². The van der Waals surface area contributed by atoms with Crippen LogP contribution in [0.2, 0.25) is 0 Å². The smallest absolute Gasteiger partial charge is 0.157 e. The summed E-state index contributed by atoms with van der Waals surface area (Å²) < 4.78 is 28.5. The second kappa shape index (κ2) is 4.88. The molecule has 0 aliphatic rings. The lowest BCUT2D eigenvalue weighted by Gasteiger charge is -2.15. The van der Waals surface area contributed by atoms with Gasteiger partial charge < -0.3 is 5.32 Å². The first-order valence-corrected chi connectivity index (χ1v) is 6.15. The van der Waals surface area contributed by atoms with Gasteiger partial charge in [0, 0.05) is 17.8 Å². The molecule has 0 amide bonds. The van der Waals surface area contributed by atoms with E-state index >= 15 is 0 Å². The van der Waals surface area contributed by atoms with Gasteiger partial charge in [-0.3, -0.25) is 0 Å². The van der Waals surface area contributed by atoms with E-state index in [1.807, 2.05) is 0 Å². The van der Waals surface area contributed by atoms with Crippen LogP contribution in [0.1, 0.15) is 18.5 Å². The quantitative estimate of drug-likeness (QED) is 0.797. The van der Waals surface area contributed by atoms with Gasteiger partial charge >= 0.3 is 0 Å². The van der Waals surface area contributed by atoms with E-state index < -0.39 is 17.7 Å². The molecular weight excluding hydrogens is 262 g/mol. The summed E-state index contributed by atoms with van der Waals surface area (Å²) >= 11 is 0. The van der Waals surface area contributed by atoms with Crippen LogP contribution < -0.4 is 5.32 Å². The monoisotopic (exact) mass is 274 g/mol. The van der Waals surface area contributed by atoms with Crippen LogP contribution in [0.5, 0.6) is 0 Å². The van der Waals surface area contributed by atoms with E-state index in [1.54, 1.807) is 36.0 Å². The molecule has 0 saturated carbocycles. The fourth-order valence-electron chi connectivity index (χ4n) is 2.04. The molecule has 0 saturated heterocycles. The number of fused-ring (bicyclic) bond motifs is 1. The van der Waals surface area contributed by atoms with Gasteiger partial charge in [0.05, 0.1) is 12.2 Å². The van der Waals surface area contributed by atoms with Gasteiger partial charge in [-0.15, -0.1) is 0 Å². The average Bonchev–Trinajstić information content (AvgIpc) is 2.89. The number of aromatic nitrogens is 3. The van der Waals surface area contributed by atoms with Crippen molar-refractivity contribution in [1.29, 1.82) is 0 Å². The molecule has 2 aromatic heterocycles. The highest BCUT2D eigenvalue weighted by atomic mass is 19.1. The zero-order chi connectivity index (χ0) is 14.1. The van der Waals surface area contributed by atoms with Crippen molar-refractivity contribution in [3.63, 3.8) is 0 Å². The van der Waals surface area contributed by atoms with E-state index in [-0.39, 0.29) is 5.56 Å². The number of nitrogens with zero attached hydrogens (tertiary/aromatic N) is 3. The van der Waals surface area contributed by atoms with E-state index in [0.29, 0.717) is 11.5 Å². The summed E-state index contributed by atoms with van der Waals surface area (Å²) in [4.78, 5) is 4.33. The highest BCUT2D eigenvalue weighted by Crippen LogP contribution is 2.21. The summed E-state index contributed by atoms with van der Waals surface area (Å²) in [5.74, 6) is -0.333. The van der Waals surface area contributed by atoms with Gasteiger partial charge in [0.2, 0.25) is 0 Å². The maximum Gasteiger partial charge on any atom is 0.157 e. The molecule has 3 aromatic rings. The molecule has 0 bridgehead atoms. The summed E-state index contributed by atoms with van der Waals surface area (Å²) in [6, 6.07) is 6.50. The molecule has 4 nitrogen and oxygen atoms in total. The third-order valence-corrected chi connectivity index (χ3v) is 3.05. The zero-order valence-electron chi connectivity index (χ0n) is 10.7. The van der Waals surface area contributed by atoms with Crippen LogP contribution in [0.25, 0.3) is 5.65 Å². The van der Waals surface area contributed by atoms with E-state index in [1.165, 1.54) is 6.07 Å². The summed E-state index contributed by atoms with van der Waals surface area (Å²) in [5, 5.41) is 7.09. The molecule has 0 aliphatic heterocycles. The standard InChI is InChI=1S/C14H12F2N4/c1-9(11-8-10(15)2-3-12(11)16)18-13-5-7-20-14(19-13)4-6-17-20/h2-9H,1H3,(H,18,19). The molecule has 3 rings (SSSR count). The molecular formula is C14H12F2N4. The van der Waals surface area contributed by atoms with Gasteiger partial charge in [-0.2, -0.15) is 5.10 Å². The van der Waals surface area contributed by atoms with E-state index in [4.69, 9.17) is 0 Å². The number of benzene rings is 1. The molecule has 0 fully saturated rings. The first kappa shape index (κ1) is 12.5. The number of hydrogen-bond acceptors (Lipinski definition) is 3.